The molecule has 3 aromatic carbocycles. The quantitative estimate of drug-likeness (QED) is 0.127. The lowest BCUT2D eigenvalue weighted by atomic mass is 9.64. The number of carbonyl (C=O) groups is 2. The maximum Gasteiger partial charge on any atom is 0.333 e. The number of fused-ring (bicyclic) bond motifs is 1. The number of hydrogen-bond donors (Lipinski definition) is 1. The summed E-state index contributed by atoms with van der Waals surface area (Å²) in [6.07, 6.45) is 6.74. The number of carbonyl (C=O) groups excluding carboxylic acids is 2. The molecular weight excluding hydrogens is 534 g/mol. The van der Waals surface area contributed by atoms with Crippen LogP contribution in [0.1, 0.15) is 62.4 Å². The fraction of sp³-hybridized carbons (Fsp3) is 0.405. The van der Waals surface area contributed by atoms with Crippen LogP contribution in [0, 0.1) is 23.3 Å². The molecule has 5 heteroatoms. The molecule has 3 aromatic rings. The predicted molar refractivity (Wildman–Crippen MR) is 176 cm³/mol. The van der Waals surface area contributed by atoms with Crippen molar-refractivity contribution in [1.29, 1.82) is 0 Å². The van der Waals surface area contributed by atoms with Gasteiger partial charge in [-0.3, -0.25) is 4.79 Å². The molecule has 4 rings (SSSR count). The first-order valence-electron chi connectivity index (χ1n) is 15.2. The average molecular weight is 580 g/mol. The summed E-state index contributed by atoms with van der Waals surface area (Å²) in [6, 6.07) is 23.2. The van der Waals surface area contributed by atoms with Crippen LogP contribution in [-0.4, -0.2) is 32.1 Å². The van der Waals surface area contributed by atoms with Crippen molar-refractivity contribution in [3.05, 3.63) is 96.1 Å². The Morgan fingerprint density at radius 1 is 1.00 bits per heavy atom. The third kappa shape index (κ3) is 8.23. The second-order valence-electron chi connectivity index (χ2n) is 13.3. The smallest absolute Gasteiger partial charge is 0.333 e. The van der Waals surface area contributed by atoms with Gasteiger partial charge in [0.2, 0.25) is 0 Å². The van der Waals surface area contributed by atoms with Crippen molar-refractivity contribution in [3.8, 4) is 11.5 Å². The minimum atomic E-state index is -1.49. The largest absolute Gasteiger partial charge is 0.460 e. The maximum absolute atomic E-state index is 13.8. The van der Waals surface area contributed by atoms with E-state index in [1.165, 1.54) is 16.3 Å². The van der Waals surface area contributed by atoms with Gasteiger partial charge in [-0.25, -0.2) is 4.79 Å². The van der Waals surface area contributed by atoms with Gasteiger partial charge in [-0.15, -0.1) is 11.5 Å². The van der Waals surface area contributed by atoms with Crippen molar-refractivity contribution in [3.63, 3.8) is 0 Å². The lowest BCUT2D eigenvalue weighted by Crippen LogP contribution is -2.47. The van der Waals surface area contributed by atoms with Gasteiger partial charge in [-0.05, 0) is 52.6 Å². The lowest BCUT2D eigenvalue weighted by molar-refractivity contribution is -0.157. The normalized spacial score (nSPS) is 20.0. The van der Waals surface area contributed by atoms with Crippen LogP contribution in [0.3, 0.4) is 0 Å². The van der Waals surface area contributed by atoms with Crippen molar-refractivity contribution in [1.82, 2.24) is 5.32 Å². The van der Waals surface area contributed by atoms with Crippen LogP contribution >= 0.6 is 0 Å². The van der Waals surface area contributed by atoms with Crippen molar-refractivity contribution in [2.75, 3.05) is 0 Å². The van der Waals surface area contributed by atoms with E-state index < -0.39 is 20.1 Å². The van der Waals surface area contributed by atoms with Gasteiger partial charge in [-0.2, -0.15) is 0 Å². The number of hydrogen-bond acceptors (Lipinski definition) is 3. The van der Waals surface area contributed by atoms with Gasteiger partial charge in [0.1, 0.15) is 20.2 Å². The summed E-state index contributed by atoms with van der Waals surface area (Å²) in [7, 11) is -1.49. The van der Waals surface area contributed by atoms with Crippen molar-refractivity contribution in [2.45, 2.75) is 83.7 Å². The summed E-state index contributed by atoms with van der Waals surface area (Å²) < 4.78 is 6.35. The number of benzene rings is 3. The van der Waals surface area contributed by atoms with Crippen LogP contribution in [0.15, 0.2) is 84.9 Å². The van der Waals surface area contributed by atoms with Crippen LogP contribution in [0.5, 0.6) is 0 Å². The van der Waals surface area contributed by atoms with Crippen LogP contribution in [0.2, 0.25) is 19.6 Å². The second-order valence-corrected chi connectivity index (χ2v) is 18.0. The SMILES string of the molecule is C[C@@H]1CC[C@@H](C(C)(C)c2ccc3ccccc3c2)[C@H](OC(=O)[C@H](/C=C/CC#C[Si](C)(C)C)NC(=O)c2ccccc2)C1. The summed E-state index contributed by atoms with van der Waals surface area (Å²) >= 11 is 0. The summed E-state index contributed by atoms with van der Waals surface area (Å²) in [5.74, 6) is 3.08. The summed E-state index contributed by atoms with van der Waals surface area (Å²) in [4.78, 5) is 26.8. The standard InChI is InChI=1S/C37H45NO3Si/c1-27-20-23-32(37(2,3)31-22-21-28-15-12-13-18-30(28)26-31)34(25-27)41-36(40)33(19-11-8-14-24-42(4,5)6)38-35(39)29-16-9-7-10-17-29/h7,9-13,15-19,21-22,26-27,32-34H,8,20,23,25H2,1-6H3,(H,38,39)/b19-11+/t27-,32-,33+,34-/m1/s1. The minimum absolute atomic E-state index is 0.149. The first-order valence-corrected chi connectivity index (χ1v) is 18.7. The highest BCUT2D eigenvalue weighted by Gasteiger charge is 2.42. The van der Waals surface area contributed by atoms with Gasteiger partial charge in [0.05, 0.1) is 0 Å². The molecule has 1 saturated carbocycles. The molecule has 0 heterocycles. The number of rotatable bonds is 8. The first-order chi connectivity index (χ1) is 19.9. The van der Waals surface area contributed by atoms with E-state index in [9.17, 15) is 9.59 Å². The number of allylic oxidation sites excluding steroid dienone is 1. The number of nitrogens with one attached hydrogen (secondary N) is 1. The third-order valence-electron chi connectivity index (χ3n) is 8.33. The number of amides is 1. The highest BCUT2D eigenvalue weighted by atomic mass is 28.3. The Balaban J connectivity index is 1.57. The van der Waals surface area contributed by atoms with E-state index >= 15 is 0 Å². The zero-order valence-corrected chi connectivity index (χ0v) is 26.9. The molecule has 1 aliphatic rings. The molecule has 0 aromatic heterocycles. The number of esters is 1. The Hall–Kier alpha value is -3.62. The van der Waals surface area contributed by atoms with E-state index in [0.717, 1.165) is 19.3 Å². The highest BCUT2D eigenvalue weighted by Crippen LogP contribution is 2.44. The molecule has 42 heavy (non-hydrogen) atoms. The van der Waals surface area contributed by atoms with Crippen LogP contribution in [0.4, 0.5) is 0 Å². The van der Waals surface area contributed by atoms with Gasteiger partial charge in [-0.1, -0.05) is 120 Å². The Labute approximate surface area is 253 Å². The number of ether oxygens (including phenoxy) is 1. The Kier molecular flexibility index (Phi) is 10.1. The van der Waals surface area contributed by atoms with E-state index in [0.29, 0.717) is 17.9 Å². The Morgan fingerprint density at radius 3 is 2.40 bits per heavy atom. The minimum Gasteiger partial charge on any atom is -0.460 e. The van der Waals surface area contributed by atoms with Gasteiger partial charge < -0.3 is 10.1 Å². The molecule has 0 spiro atoms. The first kappa shape index (κ1) is 31.3. The molecule has 0 saturated heterocycles. The summed E-state index contributed by atoms with van der Waals surface area (Å²) in [5.41, 5.74) is 4.89. The fourth-order valence-corrected chi connectivity index (χ4v) is 6.52. The van der Waals surface area contributed by atoms with Crippen LogP contribution in [0.25, 0.3) is 10.8 Å². The Bertz CT molecular complexity index is 1480. The predicted octanol–water partition coefficient (Wildman–Crippen LogP) is 8.09. The highest BCUT2D eigenvalue weighted by molar-refractivity contribution is 6.83. The van der Waals surface area contributed by atoms with Gasteiger partial charge in [0.25, 0.3) is 5.91 Å². The average Bonchev–Trinajstić information content (AvgIpc) is 2.95. The molecule has 1 fully saturated rings. The maximum atomic E-state index is 13.8. The molecule has 0 bridgehead atoms. The van der Waals surface area contributed by atoms with Gasteiger partial charge >= 0.3 is 5.97 Å². The second kappa shape index (κ2) is 13.6. The van der Waals surface area contributed by atoms with E-state index in [4.69, 9.17) is 4.74 Å². The van der Waals surface area contributed by atoms with E-state index in [1.54, 1.807) is 18.2 Å². The molecule has 0 aliphatic heterocycles. The third-order valence-corrected chi connectivity index (χ3v) is 9.26. The van der Waals surface area contributed by atoms with E-state index in [2.05, 4.69) is 99.7 Å². The molecule has 220 valence electrons. The van der Waals surface area contributed by atoms with Crippen molar-refractivity contribution in [2.24, 2.45) is 11.8 Å². The zero-order valence-electron chi connectivity index (χ0n) is 25.9. The van der Waals surface area contributed by atoms with Crippen LogP contribution < -0.4 is 5.32 Å². The molecule has 4 nitrogen and oxygen atoms in total. The fourth-order valence-electron chi connectivity index (χ4n) is 5.89. The van der Waals surface area contributed by atoms with Gasteiger partial charge in [0, 0.05) is 17.9 Å². The molecule has 0 radical (unpaired) electrons. The molecule has 4 atom stereocenters. The van der Waals surface area contributed by atoms with Crippen molar-refractivity contribution < 1.29 is 14.3 Å². The summed E-state index contributed by atoms with van der Waals surface area (Å²) in [6.45, 7) is 13.4. The lowest BCUT2D eigenvalue weighted by Gasteiger charge is -2.44. The van der Waals surface area contributed by atoms with Gasteiger partial charge in [0.15, 0.2) is 0 Å². The van der Waals surface area contributed by atoms with Crippen LogP contribution in [-0.2, 0) is 14.9 Å². The molecule has 1 amide bonds. The molecule has 0 unspecified atom stereocenters. The topological polar surface area (TPSA) is 55.4 Å². The zero-order chi connectivity index (χ0) is 30.3. The monoisotopic (exact) mass is 579 g/mol. The Morgan fingerprint density at radius 2 is 1.69 bits per heavy atom. The molecule has 1 N–H and O–H groups in total. The molecular formula is C37H45NO3Si. The summed E-state index contributed by atoms with van der Waals surface area (Å²) in [5, 5.41) is 5.34. The van der Waals surface area contributed by atoms with Crippen molar-refractivity contribution >= 4 is 30.7 Å². The van der Waals surface area contributed by atoms with E-state index in [1.807, 2.05) is 24.3 Å². The van der Waals surface area contributed by atoms with E-state index in [-0.39, 0.29) is 23.3 Å². The molecule has 1 aliphatic carbocycles.